The molecule has 0 radical (unpaired) electrons. The average Bonchev–Trinajstić information content (AvgIpc) is 3.76. The maximum atomic E-state index is 15.1. The number of amides is 2. The van der Waals surface area contributed by atoms with E-state index in [4.69, 9.17) is 25.9 Å². The quantitative estimate of drug-likeness (QED) is 0.0898. The van der Waals surface area contributed by atoms with Crippen molar-refractivity contribution in [3.05, 3.63) is 68.8 Å². The lowest BCUT2D eigenvalue weighted by atomic mass is 9.82. The van der Waals surface area contributed by atoms with Crippen molar-refractivity contribution >= 4 is 39.6 Å². The van der Waals surface area contributed by atoms with Gasteiger partial charge in [-0.05, 0) is 65.9 Å². The van der Waals surface area contributed by atoms with Crippen molar-refractivity contribution in [1.82, 2.24) is 10.3 Å². The predicted molar refractivity (Wildman–Crippen MR) is 158 cm³/mol. The number of hydrogen-bond donors (Lipinski definition) is 3. The number of alkyl halides is 2. The van der Waals surface area contributed by atoms with Crippen LogP contribution in [-0.2, 0) is 10.2 Å². The highest BCUT2D eigenvalue weighted by molar-refractivity contribution is 9.10. The highest BCUT2D eigenvalue weighted by atomic mass is 79.9. The number of anilines is 1. The molecule has 9 nitrogen and oxygen atoms in total. The number of carbonyl (C=O) groups is 2. The second kappa shape index (κ2) is 12.1. The van der Waals surface area contributed by atoms with Crippen LogP contribution < -0.4 is 26.3 Å². The van der Waals surface area contributed by atoms with E-state index in [2.05, 4.69) is 26.2 Å². The third-order valence-corrected chi connectivity index (χ3v) is 8.55. The SMILES string of the molecule is COc1cc(C(=O)NC[C@H](c2cc3c(c(-c4cc(Br)c(F)cc4F)n2)OC[C@]3(C)C(N)=O)C2CC2)cc(/C=N/C(F)F)c1N. The van der Waals surface area contributed by atoms with E-state index < -0.39 is 35.4 Å². The highest BCUT2D eigenvalue weighted by Crippen LogP contribution is 2.49. The van der Waals surface area contributed by atoms with Crippen molar-refractivity contribution in [3.63, 3.8) is 0 Å². The Hall–Kier alpha value is -4.20. The van der Waals surface area contributed by atoms with E-state index in [9.17, 15) is 22.8 Å². The molecule has 5 rings (SSSR count). The summed E-state index contributed by atoms with van der Waals surface area (Å²) in [4.78, 5) is 33.6. The van der Waals surface area contributed by atoms with Gasteiger partial charge < -0.3 is 26.3 Å². The second-order valence-corrected chi connectivity index (χ2v) is 11.7. The van der Waals surface area contributed by atoms with Gasteiger partial charge in [0.05, 0.1) is 17.3 Å². The summed E-state index contributed by atoms with van der Waals surface area (Å²) in [6.45, 7) is -1.36. The lowest BCUT2D eigenvalue weighted by molar-refractivity contribution is -0.123. The number of primary amides is 1. The maximum absolute atomic E-state index is 15.1. The van der Waals surface area contributed by atoms with E-state index in [1.54, 1.807) is 13.0 Å². The molecular formula is C30H28BrF4N5O4. The molecular weight excluding hydrogens is 650 g/mol. The summed E-state index contributed by atoms with van der Waals surface area (Å²) in [7, 11) is 1.33. The number of nitrogens with one attached hydrogen (secondary N) is 1. The maximum Gasteiger partial charge on any atom is 0.331 e. The van der Waals surface area contributed by atoms with E-state index in [-0.39, 0.29) is 69.0 Å². The molecule has 1 saturated carbocycles. The Kier molecular flexibility index (Phi) is 8.56. The van der Waals surface area contributed by atoms with Crippen molar-refractivity contribution in [2.45, 2.75) is 37.6 Å². The molecule has 44 heavy (non-hydrogen) atoms. The van der Waals surface area contributed by atoms with Crippen LogP contribution in [0.3, 0.4) is 0 Å². The molecule has 1 aliphatic heterocycles. The number of rotatable bonds is 10. The zero-order chi connectivity index (χ0) is 31.9. The first-order chi connectivity index (χ1) is 20.8. The number of halogens is 5. The third kappa shape index (κ3) is 5.94. The Labute approximate surface area is 258 Å². The number of pyridine rings is 1. The third-order valence-electron chi connectivity index (χ3n) is 7.94. The topological polar surface area (TPSA) is 142 Å². The van der Waals surface area contributed by atoms with E-state index in [0.717, 1.165) is 25.1 Å². The Balaban J connectivity index is 1.53. The Morgan fingerprint density at radius 3 is 2.59 bits per heavy atom. The van der Waals surface area contributed by atoms with Gasteiger partial charge in [0.25, 0.3) is 5.91 Å². The molecule has 2 atom stereocenters. The number of ether oxygens (including phenoxy) is 2. The van der Waals surface area contributed by atoms with Crippen molar-refractivity contribution < 1.29 is 36.6 Å². The number of fused-ring (bicyclic) bond motifs is 1. The smallest absolute Gasteiger partial charge is 0.331 e. The van der Waals surface area contributed by atoms with Crippen LogP contribution in [0.25, 0.3) is 11.3 Å². The Morgan fingerprint density at radius 2 is 1.95 bits per heavy atom. The number of carbonyl (C=O) groups excluding carboxylic acids is 2. The number of nitrogens with two attached hydrogens (primary N) is 2. The zero-order valence-electron chi connectivity index (χ0n) is 23.6. The summed E-state index contributed by atoms with van der Waals surface area (Å²) in [6, 6.07) is 6.36. The number of benzene rings is 2. The van der Waals surface area contributed by atoms with Crippen molar-refractivity contribution in [3.8, 4) is 22.8 Å². The van der Waals surface area contributed by atoms with Gasteiger partial charge in [-0.25, -0.2) is 18.8 Å². The van der Waals surface area contributed by atoms with E-state index in [1.807, 2.05) is 0 Å². The van der Waals surface area contributed by atoms with Crippen LogP contribution in [0.2, 0.25) is 0 Å². The molecule has 1 fully saturated rings. The van der Waals surface area contributed by atoms with Crippen LogP contribution in [0.15, 0.2) is 39.8 Å². The first kappa shape index (κ1) is 31.2. The minimum absolute atomic E-state index is 0.00779. The monoisotopic (exact) mass is 677 g/mol. The minimum Gasteiger partial charge on any atom is -0.495 e. The van der Waals surface area contributed by atoms with Gasteiger partial charge in [0, 0.05) is 52.7 Å². The van der Waals surface area contributed by atoms with Gasteiger partial charge in [0.1, 0.15) is 40.8 Å². The van der Waals surface area contributed by atoms with Crippen molar-refractivity contribution in [2.24, 2.45) is 16.6 Å². The van der Waals surface area contributed by atoms with Crippen LogP contribution in [-0.4, -0.2) is 49.8 Å². The van der Waals surface area contributed by atoms with E-state index >= 15 is 4.39 Å². The standard InChI is InChI=1S/C30H28BrF4N5O4/c1-30(28(37)42)12-44-26-18(30)8-22(40-25(26)16-7-19(31)21(33)9-20(16)32)17(13-3-4-13)11-38-27(41)14-5-15(10-39-29(34)35)24(36)23(6-14)43-2/h5-10,13,17,29H,3-4,11-12,36H2,1-2H3,(H2,37,42)(H,38,41)/b39-10+/t17-,30-/m0/s1. The van der Waals surface area contributed by atoms with Gasteiger partial charge in [0.15, 0.2) is 0 Å². The first-order valence-corrected chi connectivity index (χ1v) is 14.3. The van der Waals surface area contributed by atoms with Gasteiger partial charge in [-0.1, -0.05) is 0 Å². The lowest BCUT2D eigenvalue weighted by Crippen LogP contribution is -2.40. The number of methoxy groups -OCH3 is 1. The Bertz CT molecular complexity index is 1680. The molecule has 0 saturated heterocycles. The second-order valence-electron chi connectivity index (χ2n) is 10.9. The fourth-order valence-electron chi connectivity index (χ4n) is 5.19. The van der Waals surface area contributed by atoms with Crippen LogP contribution in [0.1, 0.15) is 52.9 Å². The summed E-state index contributed by atoms with van der Waals surface area (Å²) in [6.07, 6.45) is 2.53. The van der Waals surface area contributed by atoms with Crippen molar-refractivity contribution in [2.75, 3.05) is 26.0 Å². The molecule has 2 aromatic carbocycles. The lowest BCUT2D eigenvalue weighted by Gasteiger charge is -2.22. The zero-order valence-corrected chi connectivity index (χ0v) is 25.2. The molecule has 5 N–H and O–H groups in total. The van der Waals surface area contributed by atoms with Crippen LogP contribution in [0.5, 0.6) is 11.5 Å². The summed E-state index contributed by atoms with van der Waals surface area (Å²) in [5, 5.41) is 2.86. The number of aromatic nitrogens is 1. The molecule has 14 heteroatoms. The highest BCUT2D eigenvalue weighted by Gasteiger charge is 2.45. The van der Waals surface area contributed by atoms with Gasteiger partial charge in [0.2, 0.25) is 5.91 Å². The van der Waals surface area contributed by atoms with Gasteiger partial charge >= 0.3 is 6.55 Å². The van der Waals surface area contributed by atoms with E-state index in [1.165, 1.54) is 25.3 Å². The summed E-state index contributed by atoms with van der Waals surface area (Å²) < 4.78 is 65.7. The van der Waals surface area contributed by atoms with Crippen LogP contribution in [0.4, 0.5) is 23.2 Å². The normalized spacial score (nSPS) is 18.3. The van der Waals surface area contributed by atoms with E-state index in [0.29, 0.717) is 11.3 Å². The number of hydrogen-bond acceptors (Lipinski definition) is 7. The van der Waals surface area contributed by atoms with Gasteiger partial charge in [-0.3, -0.25) is 9.59 Å². The first-order valence-electron chi connectivity index (χ1n) is 13.5. The molecule has 0 spiro atoms. The molecule has 0 bridgehead atoms. The fourth-order valence-corrected chi connectivity index (χ4v) is 5.53. The minimum atomic E-state index is -2.96. The summed E-state index contributed by atoms with van der Waals surface area (Å²) >= 11 is 3.09. The molecule has 1 aliphatic carbocycles. The number of nitrogen functional groups attached to an aromatic ring is 1. The molecule has 1 aromatic heterocycles. The Morgan fingerprint density at radius 1 is 1.23 bits per heavy atom. The van der Waals surface area contributed by atoms with Crippen LogP contribution >= 0.6 is 15.9 Å². The molecule has 2 amide bonds. The fraction of sp³-hybridized carbons (Fsp3) is 0.333. The largest absolute Gasteiger partial charge is 0.495 e. The summed E-state index contributed by atoms with van der Waals surface area (Å²) in [5.74, 6) is -2.87. The van der Waals surface area contributed by atoms with Crippen LogP contribution in [0, 0.1) is 17.6 Å². The summed E-state index contributed by atoms with van der Waals surface area (Å²) in [5.41, 5.74) is 11.6. The average molecular weight is 678 g/mol. The molecule has 2 aliphatic rings. The van der Waals surface area contributed by atoms with Crippen molar-refractivity contribution in [1.29, 1.82) is 0 Å². The molecule has 232 valence electrons. The molecule has 0 unspecified atom stereocenters. The van der Waals surface area contributed by atoms with Gasteiger partial charge in [-0.15, -0.1) is 0 Å². The molecule has 3 aromatic rings. The predicted octanol–water partition coefficient (Wildman–Crippen LogP) is 5.08. The number of nitrogens with zero attached hydrogens (tertiary/aromatic N) is 2. The van der Waals surface area contributed by atoms with Gasteiger partial charge in [-0.2, -0.15) is 8.78 Å². The number of aliphatic imine (C=N–C) groups is 1. The molecule has 2 heterocycles.